The molecule has 0 aromatic heterocycles. The van der Waals surface area contributed by atoms with Gasteiger partial charge in [0.1, 0.15) is 0 Å². The van der Waals surface area contributed by atoms with Crippen LogP contribution in [0.1, 0.15) is 46.0 Å². The first-order chi connectivity index (χ1) is 8.10. The molecule has 0 heterocycles. The third-order valence-corrected chi connectivity index (χ3v) is 5.62. The summed E-state index contributed by atoms with van der Waals surface area (Å²) in [6.45, 7) is 3.96. The van der Waals surface area contributed by atoms with E-state index in [0.29, 0.717) is 0 Å². The summed E-state index contributed by atoms with van der Waals surface area (Å²) < 4.78 is 22.2. The van der Waals surface area contributed by atoms with Gasteiger partial charge in [-0.2, -0.15) is 0 Å². The predicted octanol–water partition coefficient (Wildman–Crippen LogP) is 2.32. The van der Waals surface area contributed by atoms with Crippen molar-refractivity contribution in [2.24, 2.45) is 5.92 Å². The molecule has 0 bridgehead atoms. The minimum absolute atomic E-state index is 0.106. The van der Waals surface area contributed by atoms with Gasteiger partial charge in [0.15, 0.2) is 0 Å². The van der Waals surface area contributed by atoms with Crippen molar-refractivity contribution in [3.8, 4) is 0 Å². The van der Waals surface area contributed by atoms with E-state index in [-0.39, 0.29) is 12.3 Å². The molecule has 8 heteroatoms. The Hall–Kier alpha value is 0.300. The van der Waals surface area contributed by atoms with Crippen molar-refractivity contribution < 1.29 is 28.7 Å². The summed E-state index contributed by atoms with van der Waals surface area (Å²) in [6.07, 6.45) is 2.99. The molecule has 0 amide bonds. The zero-order valence-corrected chi connectivity index (χ0v) is 12.7. The van der Waals surface area contributed by atoms with E-state index in [2.05, 4.69) is 0 Å². The molecule has 0 radical (unpaired) electrons. The SMILES string of the molecule is CCCCC(CC)CC(CP(=O)(O)O)P(=O)(O)O. The molecule has 110 valence electrons. The molecule has 0 saturated heterocycles. The van der Waals surface area contributed by atoms with Crippen molar-refractivity contribution in [2.75, 3.05) is 6.16 Å². The maximum Gasteiger partial charge on any atom is 0.329 e. The molecule has 2 atom stereocenters. The van der Waals surface area contributed by atoms with Crippen molar-refractivity contribution in [1.29, 1.82) is 0 Å². The van der Waals surface area contributed by atoms with Crippen molar-refractivity contribution in [3.63, 3.8) is 0 Å². The second kappa shape index (κ2) is 7.78. The molecule has 0 aromatic rings. The van der Waals surface area contributed by atoms with Crippen LogP contribution in [0.5, 0.6) is 0 Å². The smallest absolute Gasteiger partial charge is 0.324 e. The van der Waals surface area contributed by atoms with Gasteiger partial charge in [-0.05, 0) is 12.3 Å². The van der Waals surface area contributed by atoms with Gasteiger partial charge in [-0.25, -0.2) is 0 Å². The van der Waals surface area contributed by atoms with E-state index in [9.17, 15) is 18.9 Å². The van der Waals surface area contributed by atoms with Crippen molar-refractivity contribution in [3.05, 3.63) is 0 Å². The molecule has 0 aliphatic carbocycles. The van der Waals surface area contributed by atoms with Crippen LogP contribution in [0.4, 0.5) is 0 Å². The fraction of sp³-hybridized carbons (Fsp3) is 1.00. The Bertz CT molecular complexity index is 320. The van der Waals surface area contributed by atoms with E-state index in [1.807, 2.05) is 13.8 Å². The molecule has 0 aliphatic heterocycles. The first kappa shape index (κ1) is 18.3. The molecular formula is C10H24O6P2. The van der Waals surface area contributed by atoms with Crippen LogP contribution in [-0.4, -0.2) is 31.4 Å². The summed E-state index contributed by atoms with van der Waals surface area (Å²) in [5, 5.41) is 0. The maximum absolute atomic E-state index is 11.3. The lowest BCUT2D eigenvalue weighted by molar-refractivity contribution is 0.325. The summed E-state index contributed by atoms with van der Waals surface area (Å²) in [5.41, 5.74) is -1.24. The minimum Gasteiger partial charge on any atom is -0.324 e. The van der Waals surface area contributed by atoms with Crippen molar-refractivity contribution in [1.82, 2.24) is 0 Å². The zero-order valence-electron chi connectivity index (χ0n) is 10.9. The molecule has 0 aromatic carbocycles. The normalized spacial score (nSPS) is 16.6. The average Bonchev–Trinajstić information content (AvgIpc) is 2.19. The number of hydrogen-bond acceptors (Lipinski definition) is 2. The highest BCUT2D eigenvalue weighted by Crippen LogP contribution is 2.51. The molecular weight excluding hydrogens is 278 g/mol. The molecule has 4 N–H and O–H groups in total. The van der Waals surface area contributed by atoms with Crippen molar-refractivity contribution in [2.45, 2.75) is 51.6 Å². The van der Waals surface area contributed by atoms with Crippen LogP contribution in [0, 0.1) is 5.92 Å². The standard InChI is InChI=1S/C10H24O6P2/c1-3-5-6-9(4-2)7-10(18(14,15)16)8-17(11,12)13/h9-10H,3-8H2,1-2H3,(H2,11,12,13)(H2,14,15,16). The Morgan fingerprint density at radius 1 is 1.06 bits per heavy atom. The van der Waals surface area contributed by atoms with Gasteiger partial charge in [0.2, 0.25) is 0 Å². The first-order valence-corrected chi connectivity index (χ1v) is 9.67. The van der Waals surface area contributed by atoms with Crippen LogP contribution >= 0.6 is 15.2 Å². The number of hydrogen-bond donors (Lipinski definition) is 4. The van der Waals surface area contributed by atoms with E-state index in [0.717, 1.165) is 25.7 Å². The third-order valence-electron chi connectivity index (χ3n) is 3.07. The Labute approximate surface area is 108 Å². The van der Waals surface area contributed by atoms with Crippen LogP contribution in [0.15, 0.2) is 0 Å². The van der Waals surface area contributed by atoms with Gasteiger partial charge in [0, 0.05) is 0 Å². The van der Waals surface area contributed by atoms with Gasteiger partial charge in [-0.3, -0.25) is 9.13 Å². The largest absolute Gasteiger partial charge is 0.329 e. The Kier molecular flexibility index (Phi) is 7.91. The van der Waals surface area contributed by atoms with Gasteiger partial charge >= 0.3 is 15.2 Å². The molecule has 2 unspecified atom stereocenters. The van der Waals surface area contributed by atoms with Gasteiger partial charge in [0.05, 0.1) is 11.8 Å². The molecule has 0 rings (SSSR count). The highest BCUT2D eigenvalue weighted by atomic mass is 31.2. The fourth-order valence-electron chi connectivity index (χ4n) is 1.96. The van der Waals surface area contributed by atoms with E-state index >= 15 is 0 Å². The summed E-state index contributed by atoms with van der Waals surface area (Å²) in [7, 11) is -8.87. The number of rotatable bonds is 9. The second-order valence-electron chi connectivity index (χ2n) is 4.74. The fourth-order valence-corrected chi connectivity index (χ4v) is 4.72. The van der Waals surface area contributed by atoms with Gasteiger partial charge in [-0.1, -0.05) is 39.5 Å². The lowest BCUT2D eigenvalue weighted by Gasteiger charge is -2.23. The maximum atomic E-state index is 11.3. The Morgan fingerprint density at radius 2 is 1.61 bits per heavy atom. The van der Waals surface area contributed by atoms with Crippen LogP contribution in [0.25, 0.3) is 0 Å². The first-order valence-electron chi connectivity index (χ1n) is 6.20. The minimum atomic E-state index is -4.46. The second-order valence-corrected chi connectivity index (χ2v) is 8.35. The van der Waals surface area contributed by atoms with Gasteiger partial charge < -0.3 is 19.6 Å². The lowest BCUT2D eigenvalue weighted by atomic mass is 9.94. The monoisotopic (exact) mass is 302 g/mol. The van der Waals surface area contributed by atoms with Crippen molar-refractivity contribution >= 4 is 15.2 Å². The van der Waals surface area contributed by atoms with E-state index in [4.69, 9.17) is 9.79 Å². The van der Waals surface area contributed by atoms with Crippen LogP contribution in [-0.2, 0) is 9.13 Å². The average molecular weight is 302 g/mol. The molecule has 0 saturated carbocycles. The molecule has 6 nitrogen and oxygen atoms in total. The van der Waals surface area contributed by atoms with Gasteiger partial charge in [0.25, 0.3) is 0 Å². The Balaban J connectivity index is 4.67. The number of unbranched alkanes of at least 4 members (excludes halogenated alkanes) is 1. The molecule has 0 aliphatic rings. The van der Waals surface area contributed by atoms with E-state index < -0.39 is 27.0 Å². The van der Waals surface area contributed by atoms with Crippen LogP contribution in [0.3, 0.4) is 0 Å². The lowest BCUT2D eigenvalue weighted by Crippen LogP contribution is -2.19. The summed E-state index contributed by atoms with van der Waals surface area (Å²) in [6, 6.07) is 0. The van der Waals surface area contributed by atoms with E-state index in [1.165, 1.54) is 0 Å². The molecule has 0 spiro atoms. The van der Waals surface area contributed by atoms with Gasteiger partial charge in [-0.15, -0.1) is 0 Å². The highest BCUT2D eigenvalue weighted by molar-refractivity contribution is 7.56. The topological polar surface area (TPSA) is 115 Å². The molecule has 18 heavy (non-hydrogen) atoms. The Morgan fingerprint density at radius 3 is 1.94 bits per heavy atom. The predicted molar refractivity (Wildman–Crippen MR) is 70.7 cm³/mol. The molecule has 0 fully saturated rings. The third kappa shape index (κ3) is 8.41. The quantitative estimate of drug-likeness (QED) is 0.486. The van der Waals surface area contributed by atoms with E-state index in [1.54, 1.807) is 0 Å². The summed E-state index contributed by atoms with van der Waals surface area (Å²) in [4.78, 5) is 36.1. The van der Waals surface area contributed by atoms with Crippen LogP contribution < -0.4 is 0 Å². The highest BCUT2D eigenvalue weighted by Gasteiger charge is 2.36. The summed E-state index contributed by atoms with van der Waals surface area (Å²) >= 11 is 0. The van der Waals surface area contributed by atoms with Crippen LogP contribution in [0.2, 0.25) is 0 Å². The summed E-state index contributed by atoms with van der Waals surface area (Å²) in [5.74, 6) is 0.106. The zero-order chi connectivity index (χ0) is 14.4.